The van der Waals surface area contributed by atoms with Crippen molar-refractivity contribution >= 4 is 29.5 Å². The summed E-state index contributed by atoms with van der Waals surface area (Å²) in [7, 11) is 3.09. The first-order chi connectivity index (χ1) is 17.9. The molecule has 6 N–H and O–H groups in total. The van der Waals surface area contributed by atoms with Crippen LogP contribution in [0.5, 0.6) is 5.75 Å². The second-order valence-corrected chi connectivity index (χ2v) is 10.2. The van der Waals surface area contributed by atoms with Crippen molar-refractivity contribution in [2.75, 3.05) is 14.1 Å². The van der Waals surface area contributed by atoms with Crippen molar-refractivity contribution in [3.8, 4) is 16.9 Å². The summed E-state index contributed by atoms with van der Waals surface area (Å²) in [6, 6.07) is 8.63. The van der Waals surface area contributed by atoms with E-state index in [2.05, 4.69) is 0 Å². The van der Waals surface area contributed by atoms with Crippen molar-refractivity contribution in [3.63, 3.8) is 0 Å². The highest BCUT2D eigenvalue weighted by Crippen LogP contribution is 2.53. The van der Waals surface area contributed by atoms with E-state index in [1.807, 2.05) is 0 Å². The number of nitrogens with zero attached hydrogens (tertiary/aromatic N) is 1. The molecule has 0 radical (unpaired) electrons. The van der Waals surface area contributed by atoms with Gasteiger partial charge in [0, 0.05) is 17.1 Å². The molecule has 0 aromatic heterocycles. The molecular weight excluding hydrogens is 492 g/mol. The minimum absolute atomic E-state index is 0.00436. The Kier molecular flexibility index (Phi) is 5.77. The van der Waals surface area contributed by atoms with Crippen LogP contribution in [0.15, 0.2) is 53.3 Å². The largest absolute Gasteiger partial charge is 0.508 e. The van der Waals surface area contributed by atoms with Gasteiger partial charge in [0.05, 0.1) is 11.6 Å². The van der Waals surface area contributed by atoms with E-state index >= 15 is 0 Å². The second kappa shape index (κ2) is 8.64. The molecule has 0 spiro atoms. The number of rotatable bonds is 4. The molecule has 1 saturated carbocycles. The number of benzene rings is 2. The number of aliphatic hydroxyl groups is 3. The topological polar surface area (TPSA) is 178 Å². The Morgan fingerprint density at radius 2 is 1.84 bits per heavy atom. The van der Waals surface area contributed by atoms with Gasteiger partial charge in [0.2, 0.25) is 5.78 Å². The van der Waals surface area contributed by atoms with Crippen LogP contribution in [0.3, 0.4) is 0 Å². The molecule has 0 heterocycles. The van der Waals surface area contributed by atoms with Gasteiger partial charge in [-0.2, -0.15) is 0 Å². The van der Waals surface area contributed by atoms with Gasteiger partial charge in [0.1, 0.15) is 29.1 Å². The van der Waals surface area contributed by atoms with E-state index in [9.17, 15) is 39.6 Å². The number of carbonyl (C=O) groups is 4. The van der Waals surface area contributed by atoms with Gasteiger partial charge in [0.25, 0.3) is 5.91 Å². The maximum atomic E-state index is 13.9. The maximum absolute atomic E-state index is 13.9. The fourth-order valence-corrected chi connectivity index (χ4v) is 6.29. The van der Waals surface area contributed by atoms with Gasteiger partial charge in [-0.1, -0.05) is 24.3 Å². The van der Waals surface area contributed by atoms with E-state index in [0.29, 0.717) is 28.5 Å². The Hall–Kier alpha value is -4.28. The number of hydrogen-bond donors (Lipinski definition) is 5. The van der Waals surface area contributed by atoms with Gasteiger partial charge in [-0.25, -0.2) is 0 Å². The monoisotopic (exact) mass is 518 g/mol. The third kappa shape index (κ3) is 3.34. The highest BCUT2D eigenvalue weighted by molar-refractivity contribution is 6.24. The van der Waals surface area contributed by atoms with E-state index in [1.165, 1.54) is 11.0 Å². The van der Waals surface area contributed by atoms with Gasteiger partial charge in [-0.3, -0.25) is 24.1 Å². The van der Waals surface area contributed by atoms with Gasteiger partial charge < -0.3 is 26.2 Å². The number of aromatic hydroxyl groups is 1. The number of Topliss-reactive ketones (excluding diaryl/α,β-unsaturated/α-hetero) is 2. The van der Waals surface area contributed by atoms with Crippen molar-refractivity contribution in [2.24, 2.45) is 17.6 Å². The number of primary amides is 1. The number of carbonyl (C=O) groups excluding carboxylic acids is 4. The van der Waals surface area contributed by atoms with Gasteiger partial charge in [0.15, 0.2) is 11.4 Å². The number of likely N-dealkylation sites (N-methyl/N-ethyl adjacent to an activating group) is 1. The first kappa shape index (κ1) is 25.4. The van der Waals surface area contributed by atoms with Crippen molar-refractivity contribution in [3.05, 3.63) is 70.0 Å². The zero-order chi connectivity index (χ0) is 27.7. The van der Waals surface area contributed by atoms with Crippen LogP contribution in [-0.4, -0.2) is 74.8 Å². The van der Waals surface area contributed by atoms with E-state index in [0.717, 1.165) is 0 Å². The summed E-state index contributed by atoms with van der Waals surface area (Å²) in [5, 5.41) is 44.6. The third-order valence-corrected chi connectivity index (χ3v) is 7.94. The van der Waals surface area contributed by atoms with Gasteiger partial charge in [-0.05, 0) is 61.7 Å². The van der Waals surface area contributed by atoms with E-state index in [-0.39, 0.29) is 29.7 Å². The number of nitrogens with two attached hydrogens (primary N) is 1. The van der Waals surface area contributed by atoms with Gasteiger partial charge in [-0.15, -0.1) is 0 Å². The number of amides is 1. The van der Waals surface area contributed by atoms with E-state index in [1.54, 1.807) is 44.4 Å². The molecule has 5 rings (SSSR count). The molecule has 3 aliphatic carbocycles. The number of hydrogen-bond acceptors (Lipinski definition) is 9. The predicted octanol–water partition coefficient (Wildman–Crippen LogP) is 1.44. The van der Waals surface area contributed by atoms with Crippen molar-refractivity contribution in [2.45, 2.75) is 24.5 Å². The van der Waals surface area contributed by atoms with Crippen molar-refractivity contribution in [1.29, 1.82) is 0 Å². The molecule has 38 heavy (non-hydrogen) atoms. The van der Waals surface area contributed by atoms with Crippen LogP contribution >= 0.6 is 0 Å². The molecule has 4 atom stereocenters. The van der Waals surface area contributed by atoms with Crippen LogP contribution in [0.1, 0.15) is 27.9 Å². The first-order valence-corrected chi connectivity index (χ1v) is 12.0. The molecular formula is C28H26N2O8. The standard InChI is InChI=1S/C28H26N2O8/c1-30(2)22-17-10-14-9-16-15(13-5-3-4-12(8-13)11-31)6-7-18(32)20(16)23(33)19(14)25(35)28(17,38)26(36)21(24(22)34)27(29)37/h3-8,11,14,17,22,32-33,36,38H,9-10H2,1-2H3,(H2,29,37)/t14-,17+,22-,28-/m0/s1. The zero-order valence-corrected chi connectivity index (χ0v) is 20.6. The molecule has 10 heteroatoms. The smallest absolute Gasteiger partial charge is 0.255 e. The number of phenols is 1. The molecule has 2 aromatic rings. The highest BCUT2D eigenvalue weighted by atomic mass is 16.3. The SMILES string of the molecule is CN(C)[C@@H]1C(=O)C(C(N)=O)=C(O)[C@@]2(O)C(=O)C3=C(O)c4c(O)ccc(-c5cccc(C=O)c5)c4C[C@H]3C[C@H]12. The lowest BCUT2D eigenvalue weighted by Gasteiger charge is -2.50. The lowest BCUT2D eigenvalue weighted by Crippen LogP contribution is -2.65. The Morgan fingerprint density at radius 1 is 1.13 bits per heavy atom. The average Bonchev–Trinajstić information content (AvgIpc) is 2.86. The van der Waals surface area contributed by atoms with E-state index in [4.69, 9.17) is 5.73 Å². The number of fused-ring (bicyclic) bond motifs is 3. The minimum Gasteiger partial charge on any atom is -0.508 e. The molecule has 0 unspecified atom stereocenters. The summed E-state index contributed by atoms with van der Waals surface area (Å²) in [4.78, 5) is 51.9. The highest BCUT2D eigenvalue weighted by Gasteiger charge is 2.64. The van der Waals surface area contributed by atoms with Gasteiger partial charge >= 0.3 is 0 Å². The molecule has 1 fully saturated rings. The normalized spacial score (nSPS) is 26.7. The zero-order valence-electron chi connectivity index (χ0n) is 20.6. The van der Waals surface area contributed by atoms with Crippen LogP contribution in [-0.2, 0) is 20.8 Å². The molecule has 10 nitrogen and oxygen atoms in total. The fourth-order valence-electron chi connectivity index (χ4n) is 6.29. The quantitative estimate of drug-likeness (QED) is 0.296. The van der Waals surface area contributed by atoms with Crippen LogP contribution in [0, 0.1) is 11.8 Å². The number of aldehydes is 1. The van der Waals surface area contributed by atoms with Crippen LogP contribution in [0.2, 0.25) is 0 Å². The van der Waals surface area contributed by atoms with Crippen LogP contribution in [0.25, 0.3) is 16.9 Å². The van der Waals surface area contributed by atoms with Crippen LogP contribution < -0.4 is 5.73 Å². The lowest BCUT2D eigenvalue weighted by molar-refractivity contribution is -0.153. The second-order valence-electron chi connectivity index (χ2n) is 10.2. The first-order valence-electron chi connectivity index (χ1n) is 12.0. The Balaban J connectivity index is 1.74. The average molecular weight is 519 g/mol. The molecule has 2 aromatic carbocycles. The molecule has 1 amide bonds. The maximum Gasteiger partial charge on any atom is 0.255 e. The fraction of sp³-hybridized carbons (Fsp3) is 0.286. The van der Waals surface area contributed by atoms with Crippen molar-refractivity contribution < 1.29 is 39.6 Å². The molecule has 0 saturated heterocycles. The summed E-state index contributed by atoms with van der Waals surface area (Å²) in [6.07, 6.45) is 0.854. The summed E-state index contributed by atoms with van der Waals surface area (Å²) < 4.78 is 0. The summed E-state index contributed by atoms with van der Waals surface area (Å²) in [5.74, 6) is -6.99. The predicted molar refractivity (Wildman–Crippen MR) is 135 cm³/mol. The third-order valence-electron chi connectivity index (χ3n) is 7.94. The number of aliphatic hydroxyl groups excluding tert-OH is 2. The lowest BCUT2D eigenvalue weighted by atomic mass is 9.57. The molecule has 0 bridgehead atoms. The Morgan fingerprint density at radius 3 is 2.47 bits per heavy atom. The summed E-state index contributed by atoms with van der Waals surface area (Å²) in [5.41, 5.74) is 3.82. The summed E-state index contributed by atoms with van der Waals surface area (Å²) in [6.45, 7) is 0. The Bertz CT molecular complexity index is 1500. The molecule has 196 valence electrons. The minimum atomic E-state index is -2.68. The summed E-state index contributed by atoms with van der Waals surface area (Å²) >= 11 is 0. The van der Waals surface area contributed by atoms with Crippen LogP contribution in [0.4, 0.5) is 0 Å². The number of phenolic OH excluding ortho intramolecular Hbond substituents is 1. The number of ketones is 2. The molecule has 0 aliphatic heterocycles. The van der Waals surface area contributed by atoms with Crippen molar-refractivity contribution in [1.82, 2.24) is 4.90 Å². The van der Waals surface area contributed by atoms with E-state index < -0.39 is 58.0 Å². The molecule has 3 aliphatic rings. The Labute approximate surface area is 217 Å².